The zero-order chi connectivity index (χ0) is 12.8. The molecule has 1 saturated carbocycles. The highest BCUT2D eigenvalue weighted by molar-refractivity contribution is 5.18. The third-order valence-electron chi connectivity index (χ3n) is 3.99. The van der Waals surface area contributed by atoms with Crippen LogP contribution in [0.1, 0.15) is 37.8 Å². The van der Waals surface area contributed by atoms with Gasteiger partial charge in [-0.2, -0.15) is 0 Å². The van der Waals surface area contributed by atoms with E-state index in [0.29, 0.717) is 6.04 Å². The Kier molecular flexibility index (Phi) is 5.21. The molecule has 0 spiro atoms. The van der Waals surface area contributed by atoms with Crippen molar-refractivity contribution >= 4 is 0 Å². The zero-order valence-corrected chi connectivity index (χ0v) is 11.6. The molecule has 0 heterocycles. The van der Waals surface area contributed by atoms with Crippen molar-refractivity contribution in [3.05, 3.63) is 35.9 Å². The van der Waals surface area contributed by atoms with Gasteiger partial charge in [0.15, 0.2) is 0 Å². The molecular formula is C16H25NO. The standard InChI is InChI=1S/C16H25NO/c1-13-8-9-14(10-13)11-17-16(12-18-2)15-6-4-3-5-7-15/h3-7,13-14,16-17H,8-12H2,1-2H3. The lowest BCUT2D eigenvalue weighted by atomic mass is 10.0. The van der Waals surface area contributed by atoms with Gasteiger partial charge in [0.2, 0.25) is 0 Å². The molecule has 3 atom stereocenters. The fourth-order valence-electron chi connectivity index (χ4n) is 2.94. The minimum absolute atomic E-state index is 0.326. The lowest BCUT2D eigenvalue weighted by Gasteiger charge is -2.21. The van der Waals surface area contributed by atoms with Gasteiger partial charge in [0.05, 0.1) is 12.6 Å². The lowest BCUT2D eigenvalue weighted by Crippen LogP contribution is -2.29. The number of hydrogen-bond acceptors (Lipinski definition) is 2. The molecule has 0 bridgehead atoms. The van der Waals surface area contributed by atoms with Crippen molar-refractivity contribution in [3.8, 4) is 0 Å². The van der Waals surface area contributed by atoms with Crippen molar-refractivity contribution in [2.45, 2.75) is 32.2 Å². The normalized spacial score (nSPS) is 25.2. The second-order valence-corrected chi connectivity index (χ2v) is 5.61. The summed E-state index contributed by atoms with van der Waals surface area (Å²) in [5.74, 6) is 1.76. The predicted molar refractivity (Wildman–Crippen MR) is 75.6 cm³/mol. The first kappa shape index (κ1) is 13.6. The van der Waals surface area contributed by atoms with Crippen molar-refractivity contribution in [1.29, 1.82) is 0 Å². The van der Waals surface area contributed by atoms with Crippen LogP contribution in [0.4, 0.5) is 0 Å². The van der Waals surface area contributed by atoms with E-state index < -0.39 is 0 Å². The number of methoxy groups -OCH3 is 1. The minimum atomic E-state index is 0.326. The quantitative estimate of drug-likeness (QED) is 0.832. The van der Waals surface area contributed by atoms with Gasteiger partial charge in [0.25, 0.3) is 0 Å². The van der Waals surface area contributed by atoms with Crippen LogP contribution >= 0.6 is 0 Å². The van der Waals surface area contributed by atoms with Crippen LogP contribution in [0.15, 0.2) is 30.3 Å². The highest BCUT2D eigenvalue weighted by Gasteiger charge is 2.22. The Bertz CT molecular complexity index is 338. The van der Waals surface area contributed by atoms with Gasteiger partial charge in [-0.3, -0.25) is 0 Å². The van der Waals surface area contributed by atoms with Crippen molar-refractivity contribution in [2.75, 3.05) is 20.3 Å². The Labute approximate surface area is 111 Å². The number of hydrogen-bond donors (Lipinski definition) is 1. The van der Waals surface area contributed by atoms with Crippen LogP contribution in [0, 0.1) is 11.8 Å². The number of benzene rings is 1. The Morgan fingerprint density at radius 2 is 2.06 bits per heavy atom. The van der Waals surface area contributed by atoms with E-state index in [0.717, 1.165) is 25.0 Å². The first-order valence-electron chi connectivity index (χ1n) is 7.07. The van der Waals surface area contributed by atoms with Crippen LogP contribution in [0.5, 0.6) is 0 Å². The van der Waals surface area contributed by atoms with Crippen LogP contribution in [0.25, 0.3) is 0 Å². The fraction of sp³-hybridized carbons (Fsp3) is 0.625. The molecule has 1 N–H and O–H groups in total. The van der Waals surface area contributed by atoms with Gasteiger partial charge in [-0.05, 0) is 36.8 Å². The highest BCUT2D eigenvalue weighted by atomic mass is 16.5. The average Bonchev–Trinajstić information content (AvgIpc) is 2.81. The third kappa shape index (κ3) is 3.82. The molecule has 1 aliphatic rings. The van der Waals surface area contributed by atoms with Gasteiger partial charge in [0.1, 0.15) is 0 Å². The molecule has 3 unspecified atom stereocenters. The maximum atomic E-state index is 5.33. The number of rotatable bonds is 6. The summed E-state index contributed by atoms with van der Waals surface area (Å²) in [5, 5.41) is 3.67. The molecule has 1 fully saturated rings. The molecule has 1 aliphatic carbocycles. The Morgan fingerprint density at radius 1 is 1.28 bits per heavy atom. The summed E-state index contributed by atoms with van der Waals surface area (Å²) in [6.45, 7) is 4.23. The molecule has 2 nitrogen and oxygen atoms in total. The highest BCUT2D eigenvalue weighted by Crippen LogP contribution is 2.30. The molecule has 0 aliphatic heterocycles. The van der Waals surface area contributed by atoms with E-state index in [9.17, 15) is 0 Å². The monoisotopic (exact) mass is 247 g/mol. The molecule has 100 valence electrons. The minimum Gasteiger partial charge on any atom is -0.383 e. The molecule has 2 heteroatoms. The smallest absolute Gasteiger partial charge is 0.0657 e. The summed E-state index contributed by atoms with van der Waals surface area (Å²) in [6.07, 6.45) is 4.15. The van der Waals surface area contributed by atoms with Crippen molar-refractivity contribution in [1.82, 2.24) is 5.32 Å². The summed E-state index contributed by atoms with van der Waals surface area (Å²) in [5.41, 5.74) is 1.32. The van der Waals surface area contributed by atoms with Gasteiger partial charge >= 0.3 is 0 Å². The molecule has 0 amide bonds. The summed E-state index contributed by atoms with van der Waals surface area (Å²) in [4.78, 5) is 0. The van der Waals surface area contributed by atoms with Gasteiger partial charge in [-0.25, -0.2) is 0 Å². The Hall–Kier alpha value is -0.860. The number of nitrogens with one attached hydrogen (secondary N) is 1. The fourth-order valence-corrected chi connectivity index (χ4v) is 2.94. The molecule has 0 radical (unpaired) electrons. The molecule has 1 aromatic carbocycles. The van der Waals surface area contributed by atoms with Crippen molar-refractivity contribution < 1.29 is 4.74 Å². The maximum absolute atomic E-state index is 5.33. The SMILES string of the molecule is COCC(NCC1CCC(C)C1)c1ccccc1. The molecule has 1 aromatic rings. The molecular weight excluding hydrogens is 222 g/mol. The van der Waals surface area contributed by atoms with Gasteiger partial charge in [-0.1, -0.05) is 43.7 Å². The van der Waals surface area contributed by atoms with Crippen LogP contribution in [-0.4, -0.2) is 20.3 Å². The topological polar surface area (TPSA) is 21.3 Å². The second kappa shape index (κ2) is 6.91. The molecule has 2 rings (SSSR count). The Morgan fingerprint density at radius 3 is 2.67 bits per heavy atom. The van der Waals surface area contributed by atoms with Gasteiger partial charge in [-0.15, -0.1) is 0 Å². The second-order valence-electron chi connectivity index (χ2n) is 5.61. The van der Waals surface area contributed by atoms with Crippen molar-refractivity contribution in [3.63, 3.8) is 0 Å². The van der Waals surface area contributed by atoms with Crippen LogP contribution in [0.2, 0.25) is 0 Å². The predicted octanol–water partition coefficient (Wildman–Crippen LogP) is 3.40. The van der Waals surface area contributed by atoms with E-state index in [4.69, 9.17) is 4.74 Å². The van der Waals surface area contributed by atoms with Crippen molar-refractivity contribution in [2.24, 2.45) is 11.8 Å². The lowest BCUT2D eigenvalue weighted by molar-refractivity contribution is 0.164. The molecule has 0 saturated heterocycles. The summed E-state index contributed by atoms with van der Waals surface area (Å²) < 4.78 is 5.33. The first-order valence-corrected chi connectivity index (χ1v) is 7.07. The van der Waals surface area contributed by atoms with Crippen LogP contribution in [-0.2, 0) is 4.74 Å². The zero-order valence-electron chi connectivity index (χ0n) is 11.6. The Balaban J connectivity index is 1.87. The van der Waals surface area contributed by atoms with E-state index in [2.05, 4.69) is 42.6 Å². The van der Waals surface area contributed by atoms with E-state index in [-0.39, 0.29) is 0 Å². The number of ether oxygens (including phenoxy) is 1. The van der Waals surface area contributed by atoms with E-state index in [1.165, 1.54) is 24.8 Å². The third-order valence-corrected chi connectivity index (χ3v) is 3.99. The van der Waals surface area contributed by atoms with Gasteiger partial charge in [0, 0.05) is 7.11 Å². The summed E-state index contributed by atoms with van der Waals surface area (Å²) >= 11 is 0. The van der Waals surface area contributed by atoms with E-state index >= 15 is 0 Å². The summed E-state index contributed by atoms with van der Waals surface area (Å²) in [7, 11) is 1.77. The van der Waals surface area contributed by atoms with Gasteiger partial charge < -0.3 is 10.1 Å². The maximum Gasteiger partial charge on any atom is 0.0657 e. The van der Waals surface area contributed by atoms with Crippen LogP contribution in [0.3, 0.4) is 0 Å². The molecule has 18 heavy (non-hydrogen) atoms. The largest absolute Gasteiger partial charge is 0.383 e. The van der Waals surface area contributed by atoms with E-state index in [1.54, 1.807) is 7.11 Å². The molecule has 0 aromatic heterocycles. The van der Waals surface area contributed by atoms with E-state index in [1.807, 2.05) is 0 Å². The average molecular weight is 247 g/mol. The van der Waals surface area contributed by atoms with Crippen LogP contribution < -0.4 is 5.32 Å². The first-order chi connectivity index (χ1) is 8.79. The summed E-state index contributed by atoms with van der Waals surface area (Å²) in [6, 6.07) is 10.9.